The first-order chi connectivity index (χ1) is 11.8. The van der Waals surface area contributed by atoms with Crippen LogP contribution in [0, 0.1) is 0 Å². The molecule has 1 aliphatic heterocycles. The first-order valence-electron chi connectivity index (χ1n) is 8.06. The number of rotatable bonds is 5. The lowest BCUT2D eigenvalue weighted by atomic mass is 10.0. The normalized spacial score (nSPS) is 18.1. The van der Waals surface area contributed by atoms with Gasteiger partial charge in [-0.2, -0.15) is 4.98 Å². The van der Waals surface area contributed by atoms with Crippen LogP contribution in [0.1, 0.15) is 30.3 Å². The van der Waals surface area contributed by atoms with Gasteiger partial charge in [-0.1, -0.05) is 17.3 Å². The highest BCUT2D eigenvalue weighted by Gasteiger charge is 2.27. The number of hydrogen-bond donors (Lipinski definition) is 0. The van der Waals surface area contributed by atoms with Crippen molar-refractivity contribution in [3.05, 3.63) is 54.3 Å². The van der Waals surface area contributed by atoms with Crippen LogP contribution >= 0.6 is 0 Å². The molecule has 3 aromatic rings. The average Bonchev–Trinajstić information content (AvgIpc) is 3.37. The zero-order valence-corrected chi connectivity index (χ0v) is 13.5. The molecule has 2 aromatic heterocycles. The Morgan fingerprint density at radius 2 is 2.12 bits per heavy atom. The fraction of sp³-hybridized carbons (Fsp3) is 0.333. The van der Waals surface area contributed by atoms with E-state index in [0.717, 1.165) is 24.3 Å². The minimum Gasteiger partial charge on any atom is -0.497 e. The molecule has 24 heavy (non-hydrogen) atoms. The number of benzene rings is 1. The molecule has 124 valence electrons. The maximum absolute atomic E-state index is 5.41. The van der Waals surface area contributed by atoms with Crippen molar-refractivity contribution in [2.75, 3.05) is 13.7 Å². The van der Waals surface area contributed by atoms with Crippen molar-refractivity contribution in [3.8, 4) is 17.1 Å². The second-order valence-corrected chi connectivity index (χ2v) is 5.93. The van der Waals surface area contributed by atoms with Crippen LogP contribution in [-0.2, 0) is 6.54 Å². The molecule has 1 fully saturated rings. The Morgan fingerprint density at radius 1 is 1.25 bits per heavy atom. The summed E-state index contributed by atoms with van der Waals surface area (Å²) in [6.07, 6.45) is 5.52. The zero-order chi connectivity index (χ0) is 16.4. The molecule has 4 rings (SSSR count). The predicted octanol–water partition coefficient (Wildman–Crippen LogP) is 3.68. The van der Waals surface area contributed by atoms with E-state index in [0.29, 0.717) is 24.3 Å². The van der Waals surface area contributed by atoms with Crippen LogP contribution in [-0.4, -0.2) is 28.7 Å². The molecule has 3 heterocycles. The van der Waals surface area contributed by atoms with Crippen LogP contribution < -0.4 is 4.74 Å². The highest BCUT2D eigenvalue weighted by atomic mass is 16.5. The molecule has 0 N–H and O–H groups in total. The van der Waals surface area contributed by atoms with Crippen molar-refractivity contribution in [3.63, 3.8) is 0 Å². The summed E-state index contributed by atoms with van der Waals surface area (Å²) in [5.41, 5.74) is 2.13. The van der Waals surface area contributed by atoms with Crippen LogP contribution in [0.25, 0.3) is 11.4 Å². The third-order valence-corrected chi connectivity index (χ3v) is 4.45. The Balaban J connectivity index is 1.49. The standard InChI is InChI=1S/C18H19N3O3/c1-22-15-6-4-13(5-7-15)16-3-2-9-21(16)11-17-19-18(20-24-17)14-8-10-23-12-14/h4-8,10,12,16H,2-3,9,11H2,1H3/t16-/m0/s1. The minimum absolute atomic E-state index is 0.375. The van der Waals surface area contributed by atoms with Crippen LogP contribution in [0.3, 0.4) is 0 Å². The average molecular weight is 325 g/mol. The second-order valence-electron chi connectivity index (χ2n) is 5.93. The molecular formula is C18H19N3O3. The fourth-order valence-electron chi connectivity index (χ4n) is 3.22. The highest BCUT2D eigenvalue weighted by molar-refractivity contribution is 5.51. The van der Waals surface area contributed by atoms with Crippen LogP contribution in [0.2, 0.25) is 0 Å². The van der Waals surface area contributed by atoms with E-state index in [2.05, 4.69) is 27.2 Å². The Hall–Kier alpha value is -2.60. The van der Waals surface area contributed by atoms with Crippen molar-refractivity contribution in [1.29, 1.82) is 0 Å². The zero-order valence-electron chi connectivity index (χ0n) is 13.5. The molecule has 1 atom stereocenters. The summed E-state index contributed by atoms with van der Waals surface area (Å²) in [4.78, 5) is 6.86. The summed E-state index contributed by atoms with van der Waals surface area (Å²) in [6, 6.07) is 10.5. The van der Waals surface area contributed by atoms with Gasteiger partial charge in [-0.05, 0) is 43.1 Å². The lowest BCUT2D eigenvalue weighted by molar-refractivity contribution is 0.212. The first kappa shape index (κ1) is 15.0. The molecular weight excluding hydrogens is 306 g/mol. The van der Waals surface area contributed by atoms with Gasteiger partial charge in [0.15, 0.2) is 0 Å². The summed E-state index contributed by atoms with van der Waals surface area (Å²) in [5, 5.41) is 4.03. The fourth-order valence-corrected chi connectivity index (χ4v) is 3.22. The SMILES string of the molecule is COc1ccc([C@@H]2CCCN2Cc2nc(-c3ccoc3)no2)cc1. The molecule has 0 amide bonds. The smallest absolute Gasteiger partial charge is 0.241 e. The summed E-state index contributed by atoms with van der Waals surface area (Å²) in [5.74, 6) is 2.08. The van der Waals surface area contributed by atoms with Gasteiger partial charge in [0.05, 0.1) is 25.5 Å². The van der Waals surface area contributed by atoms with Crippen LogP contribution in [0.15, 0.2) is 51.8 Å². The lowest BCUT2D eigenvalue weighted by Gasteiger charge is -2.23. The lowest BCUT2D eigenvalue weighted by Crippen LogP contribution is -2.22. The summed E-state index contributed by atoms with van der Waals surface area (Å²) < 4.78 is 15.7. The van der Waals surface area contributed by atoms with Gasteiger partial charge in [0.1, 0.15) is 12.0 Å². The number of ether oxygens (including phenoxy) is 1. The van der Waals surface area contributed by atoms with Gasteiger partial charge in [0.25, 0.3) is 0 Å². The second kappa shape index (κ2) is 6.49. The minimum atomic E-state index is 0.375. The molecule has 0 aliphatic carbocycles. The number of hydrogen-bond acceptors (Lipinski definition) is 6. The van der Waals surface area contributed by atoms with Gasteiger partial charge in [0.2, 0.25) is 11.7 Å². The van der Waals surface area contributed by atoms with Crippen molar-refractivity contribution >= 4 is 0 Å². The monoisotopic (exact) mass is 325 g/mol. The molecule has 0 spiro atoms. The number of nitrogens with zero attached hydrogens (tertiary/aromatic N) is 3. The van der Waals surface area contributed by atoms with E-state index in [-0.39, 0.29) is 0 Å². The summed E-state index contributed by atoms with van der Waals surface area (Å²) in [6.45, 7) is 1.68. The van der Waals surface area contributed by atoms with Crippen molar-refractivity contribution < 1.29 is 13.7 Å². The van der Waals surface area contributed by atoms with E-state index >= 15 is 0 Å². The molecule has 0 bridgehead atoms. The molecule has 1 aromatic carbocycles. The molecule has 1 aliphatic rings. The number of methoxy groups -OCH3 is 1. The largest absolute Gasteiger partial charge is 0.497 e. The number of aromatic nitrogens is 2. The number of furan rings is 1. The Kier molecular flexibility index (Phi) is 4.04. The van der Waals surface area contributed by atoms with Crippen LogP contribution in [0.5, 0.6) is 5.75 Å². The first-order valence-corrected chi connectivity index (χ1v) is 8.06. The Morgan fingerprint density at radius 3 is 2.88 bits per heavy atom. The van der Waals surface area contributed by atoms with E-state index in [1.54, 1.807) is 19.6 Å². The van der Waals surface area contributed by atoms with Gasteiger partial charge in [-0.25, -0.2) is 0 Å². The van der Waals surface area contributed by atoms with E-state index in [4.69, 9.17) is 13.7 Å². The van der Waals surface area contributed by atoms with Gasteiger partial charge in [0, 0.05) is 6.04 Å². The number of likely N-dealkylation sites (tertiary alicyclic amines) is 1. The molecule has 6 nitrogen and oxygen atoms in total. The quantitative estimate of drug-likeness (QED) is 0.713. The third kappa shape index (κ3) is 2.92. The van der Waals surface area contributed by atoms with Gasteiger partial charge in [-0.3, -0.25) is 4.90 Å². The third-order valence-electron chi connectivity index (χ3n) is 4.45. The summed E-state index contributed by atoms with van der Waals surface area (Å²) >= 11 is 0. The van der Waals surface area contributed by atoms with Gasteiger partial charge < -0.3 is 13.7 Å². The van der Waals surface area contributed by atoms with Crippen LogP contribution in [0.4, 0.5) is 0 Å². The van der Waals surface area contributed by atoms with Crippen molar-refractivity contribution in [2.24, 2.45) is 0 Å². The maximum Gasteiger partial charge on any atom is 0.241 e. The predicted molar refractivity (Wildman–Crippen MR) is 87.4 cm³/mol. The van der Waals surface area contributed by atoms with E-state index < -0.39 is 0 Å². The topological polar surface area (TPSA) is 64.5 Å². The van der Waals surface area contributed by atoms with Gasteiger partial charge in [-0.15, -0.1) is 0 Å². The molecule has 6 heteroatoms. The van der Waals surface area contributed by atoms with Crippen molar-refractivity contribution in [1.82, 2.24) is 15.0 Å². The van der Waals surface area contributed by atoms with E-state index in [1.165, 1.54) is 12.0 Å². The Bertz CT molecular complexity index is 780. The van der Waals surface area contributed by atoms with Gasteiger partial charge >= 0.3 is 0 Å². The van der Waals surface area contributed by atoms with E-state index in [1.807, 2.05) is 18.2 Å². The summed E-state index contributed by atoms with van der Waals surface area (Å²) in [7, 11) is 1.68. The molecule has 0 radical (unpaired) electrons. The van der Waals surface area contributed by atoms with E-state index in [9.17, 15) is 0 Å². The highest BCUT2D eigenvalue weighted by Crippen LogP contribution is 2.33. The molecule has 0 unspecified atom stereocenters. The van der Waals surface area contributed by atoms with Crippen molar-refractivity contribution in [2.45, 2.75) is 25.4 Å². The molecule has 1 saturated heterocycles. The molecule has 0 saturated carbocycles. The Labute approximate surface area is 140 Å². The maximum atomic E-state index is 5.41.